The van der Waals surface area contributed by atoms with Crippen LogP contribution in [0.4, 0.5) is 5.82 Å². The third-order valence-corrected chi connectivity index (χ3v) is 3.53. The number of methoxy groups -OCH3 is 1. The number of hydrogen-bond acceptors (Lipinski definition) is 3. The van der Waals surface area contributed by atoms with E-state index in [0.29, 0.717) is 11.6 Å². The van der Waals surface area contributed by atoms with Crippen LogP contribution in [-0.2, 0) is 8.03 Å². The number of fused-ring (bicyclic) bond motifs is 1. The summed E-state index contributed by atoms with van der Waals surface area (Å²) in [5.41, 5.74) is 0.724. The SMILES string of the molecule is COc1cnc2c(c1)C(Br)(Br)C(=O)N2. The van der Waals surface area contributed by atoms with E-state index in [2.05, 4.69) is 42.2 Å². The van der Waals surface area contributed by atoms with E-state index in [1.807, 2.05) is 0 Å². The van der Waals surface area contributed by atoms with Crippen molar-refractivity contribution in [2.75, 3.05) is 12.4 Å². The summed E-state index contributed by atoms with van der Waals surface area (Å²) >= 11 is 6.56. The van der Waals surface area contributed by atoms with Crippen molar-refractivity contribution in [3.05, 3.63) is 17.8 Å². The zero-order valence-corrected chi connectivity index (χ0v) is 10.3. The van der Waals surface area contributed by atoms with Gasteiger partial charge < -0.3 is 10.1 Å². The fourth-order valence-corrected chi connectivity index (χ4v) is 2.01. The molecule has 0 bridgehead atoms. The van der Waals surface area contributed by atoms with Crippen molar-refractivity contribution in [1.29, 1.82) is 0 Å². The van der Waals surface area contributed by atoms with Gasteiger partial charge in [0.15, 0.2) is 3.23 Å². The molecule has 1 aliphatic rings. The van der Waals surface area contributed by atoms with Crippen molar-refractivity contribution >= 4 is 43.6 Å². The van der Waals surface area contributed by atoms with Gasteiger partial charge in [-0.1, -0.05) is 31.9 Å². The van der Waals surface area contributed by atoms with E-state index in [0.717, 1.165) is 5.56 Å². The van der Waals surface area contributed by atoms with E-state index < -0.39 is 3.23 Å². The monoisotopic (exact) mass is 320 g/mol. The standard InChI is InChI=1S/C8H6Br2N2O2/c1-14-4-2-5-6(11-3-4)12-7(13)8(5,9)10/h2-3H,1H3,(H,11,12,13). The molecular formula is C8H6Br2N2O2. The summed E-state index contributed by atoms with van der Waals surface area (Å²) in [4.78, 5) is 15.5. The molecule has 0 radical (unpaired) electrons. The molecular weight excluding hydrogens is 316 g/mol. The van der Waals surface area contributed by atoms with Gasteiger partial charge in [0.05, 0.1) is 13.3 Å². The van der Waals surface area contributed by atoms with Crippen LogP contribution in [0.2, 0.25) is 0 Å². The molecule has 0 aromatic carbocycles. The van der Waals surface area contributed by atoms with E-state index in [1.165, 1.54) is 0 Å². The first-order valence-corrected chi connectivity index (χ1v) is 5.38. The third-order valence-electron chi connectivity index (χ3n) is 1.95. The van der Waals surface area contributed by atoms with Crippen molar-refractivity contribution in [3.63, 3.8) is 0 Å². The quantitative estimate of drug-likeness (QED) is 0.805. The highest BCUT2D eigenvalue weighted by molar-refractivity contribution is 9.25. The maximum Gasteiger partial charge on any atom is 0.258 e. The van der Waals surface area contributed by atoms with Crippen molar-refractivity contribution in [2.24, 2.45) is 0 Å². The number of pyridine rings is 1. The van der Waals surface area contributed by atoms with Gasteiger partial charge in [-0.3, -0.25) is 4.79 Å². The molecule has 0 spiro atoms. The smallest absolute Gasteiger partial charge is 0.258 e. The van der Waals surface area contributed by atoms with Crippen LogP contribution in [0.15, 0.2) is 12.3 Å². The predicted octanol–water partition coefficient (Wildman–Crippen LogP) is 1.98. The van der Waals surface area contributed by atoms with Crippen molar-refractivity contribution in [2.45, 2.75) is 3.23 Å². The number of nitrogens with zero attached hydrogens (tertiary/aromatic N) is 1. The molecule has 1 aromatic rings. The Balaban J connectivity index is 2.56. The maximum absolute atomic E-state index is 11.5. The van der Waals surface area contributed by atoms with E-state index in [4.69, 9.17) is 4.74 Å². The van der Waals surface area contributed by atoms with Crippen LogP contribution in [0.25, 0.3) is 0 Å². The first-order chi connectivity index (χ1) is 6.55. The number of ether oxygens (including phenoxy) is 1. The van der Waals surface area contributed by atoms with Crippen LogP contribution in [0.1, 0.15) is 5.56 Å². The Kier molecular flexibility index (Phi) is 2.27. The molecule has 0 fully saturated rings. The normalized spacial score (nSPS) is 17.5. The highest BCUT2D eigenvalue weighted by Crippen LogP contribution is 2.47. The summed E-state index contributed by atoms with van der Waals surface area (Å²) < 4.78 is 4.13. The fourth-order valence-electron chi connectivity index (χ4n) is 1.20. The maximum atomic E-state index is 11.5. The minimum atomic E-state index is -0.892. The number of amides is 1. The Labute approximate surface area is 97.3 Å². The van der Waals surface area contributed by atoms with Gasteiger partial charge in [0.2, 0.25) is 0 Å². The number of carbonyl (C=O) groups excluding carboxylic acids is 1. The first-order valence-electron chi connectivity index (χ1n) is 3.79. The van der Waals surface area contributed by atoms with Crippen molar-refractivity contribution in [3.8, 4) is 5.75 Å². The molecule has 0 aliphatic carbocycles. The van der Waals surface area contributed by atoms with Gasteiger partial charge in [0.25, 0.3) is 5.91 Å². The number of rotatable bonds is 1. The van der Waals surface area contributed by atoms with Crippen LogP contribution >= 0.6 is 31.9 Å². The second kappa shape index (κ2) is 3.20. The number of anilines is 1. The van der Waals surface area contributed by atoms with Gasteiger partial charge >= 0.3 is 0 Å². The van der Waals surface area contributed by atoms with Gasteiger partial charge in [-0.15, -0.1) is 0 Å². The summed E-state index contributed by atoms with van der Waals surface area (Å²) in [6.45, 7) is 0. The number of carbonyl (C=O) groups is 1. The van der Waals surface area contributed by atoms with Crippen LogP contribution < -0.4 is 10.1 Å². The summed E-state index contributed by atoms with van der Waals surface area (Å²) in [6, 6.07) is 1.75. The first kappa shape index (κ1) is 9.92. The molecule has 1 N–H and O–H groups in total. The second-order valence-corrected chi connectivity index (χ2v) is 6.24. The average Bonchev–Trinajstić information content (AvgIpc) is 2.38. The van der Waals surface area contributed by atoms with Gasteiger partial charge in [-0.2, -0.15) is 0 Å². The minimum Gasteiger partial charge on any atom is -0.495 e. The topological polar surface area (TPSA) is 51.2 Å². The molecule has 6 heteroatoms. The molecule has 2 rings (SSSR count). The van der Waals surface area contributed by atoms with Crippen molar-refractivity contribution < 1.29 is 9.53 Å². The van der Waals surface area contributed by atoms with Gasteiger partial charge in [-0.25, -0.2) is 4.98 Å². The van der Waals surface area contributed by atoms with Gasteiger partial charge in [-0.05, 0) is 6.07 Å². The molecule has 0 atom stereocenters. The lowest BCUT2D eigenvalue weighted by Gasteiger charge is -2.10. The third kappa shape index (κ3) is 1.33. The summed E-state index contributed by atoms with van der Waals surface area (Å²) in [5, 5.41) is 2.64. The minimum absolute atomic E-state index is 0.187. The van der Waals surface area contributed by atoms with E-state index in [1.54, 1.807) is 19.4 Å². The number of aromatic nitrogens is 1. The number of nitrogens with one attached hydrogen (secondary N) is 1. The molecule has 1 aromatic heterocycles. The average molecular weight is 322 g/mol. The molecule has 0 saturated heterocycles. The second-order valence-electron chi connectivity index (χ2n) is 2.80. The van der Waals surface area contributed by atoms with E-state index in [-0.39, 0.29) is 5.91 Å². The lowest BCUT2D eigenvalue weighted by Crippen LogP contribution is -2.20. The number of alkyl halides is 2. The summed E-state index contributed by atoms with van der Waals surface area (Å²) in [6.07, 6.45) is 1.56. The molecule has 2 heterocycles. The molecule has 0 saturated carbocycles. The predicted molar refractivity (Wildman–Crippen MR) is 59.0 cm³/mol. The lowest BCUT2D eigenvalue weighted by atomic mass is 10.2. The molecule has 0 unspecified atom stereocenters. The molecule has 14 heavy (non-hydrogen) atoms. The summed E-state index contributed by atoms with van der Waals surface area (Å²) in [7, 11) is 1.55. The van der Waals surface area contributed by atoms with Crippen LogP contribution in [0.5, 0.6) is 5.75 Å². The Morgan fingerprint density at radius 1 is 1.57 bits per heavy atom. The van der Waals surface area contributed by atoms with E-state index in [9.17, 15) is 4.79 Å². The summed E-state index contributed by atoms with van der Waals surface area (Å²) in [5.74, 6) is 0.973. The van der Waals surface area contributed by atoms with Gasteiger partial charge in [0, 0.05) is 5.56 Å². The zero-order valence-electron chi connectivity index (χ0n) is 7.17. The molecule has 74 valence electrons. The van der Waals surface area contributed by atoms with Crippen LogP contribution in [-0.4, -0.2) is 18.0 Å². The Hall–Kier alpha value is -0.620. The van der Waals surface area contributed by atoms with E-state index >= 15 is 0 Å². The van der Waals surface area contributed by atoms with Gasteiger partial charge in [0.1, 0.15) is 11.6 Å². The Morgan fingerprint density at radius 3 is 2.93 bits per heavy atom. The highest BCUT2D eigenvalue weighted by atomic mass is 79.9. The van der Waals surface area contributed by atoms with Crippen LogP contribution in [0, 0.1) is 0 Å². The molecule has 1 amide bonds. The Morgan fingerprint density at radius 2 is 2.29 bits per heavy atom. The number of hydrogen-bond donors (Lipinski definition) is 1. The molecule has 4 nitrogen and oxygen atoms in total. The zero-order chi connectivity index (χ0) is 10.3. The largest absolute Gasteiger partial charge is 0.495 e. The molecule has 1 aliphatic heterocycles. The van der Waals surface area contributed by atoms with Crippen molar-refractivity contribution in [1.82, 2.24) is 4.98 Å². The highest BCUT2D eigenvalue weighted by Gasteiger charge is 2.43. The lowest BCUT2D eigenvalue weighted by molar-refractivity contribution is -0.115. The fraction of sp³-hybridized carbons (Fsp3) is 0.250. The van der Waals surface area contributed by atoms with Crippen LogP contribution in [0.3, 0.4) is 0 Å². The Bertz CT molecular complexity index is 406. The number of halogens is 2.